The van der Waals surface area contributed by atoms with E-state index in [0.29, 0.717) is 11.4 Å². The van der Waals surface area contributed by atoms with Gasteiger partial charge < -0.3 is 5.73 Å². The molecule has 1 saturated heterocycles. The fraction of sp³-hybridized carbons (Fsp3) is 0.455. The summed E-state index contributed by atoms with van der Waals surface area (Å²) in [6.07, 6.45) is 0.291. The van der Waals surface area contributed by atoms with Crippen LogP contribution in [0.2, 0.25) is 0 Å². The van der Waals surface area contributed by atoms with E-state index in [1.807, 2.05) is 0 Å². The fourth-order valence-corrected chi connectivity index (χ4v) is 5.25. The second kappa shape index (κ2) is 5.01. The highest BCUT2D eigenvalue weighted by Crippen LogP contribution is 2.22. The normalized spacial score (nSPS) is 20.0. The first kappa shape index (κ1) is 14.1. The monoisotopic (exact) mass is 304 g/mol. The molecule has 0 radical (unpaired) electrons. The Kier molecular flexibility index (Phi) is 3.73. The molecule has 1 fully saturated rings. The Morgan fingerprint density at radius 2 is 1.63 bits per heavy atom. The van der Waals surface area contributed by atoms with Crippen molar-refractivity contribution in [3.63, 3.8) is 0 Å². The molecule has 3 N–H and O–H groups in total. The van der Waals surface area contributed by atoms with Crippen LogP contribution < -0.4 is 10.5 Å². The second-order valence-electron chi connectivity index (χ2n) is 4.62. The van der Waals surface area contributed by atoms with Gasteiger partial charge in [-0.3, -0.25) is 4.72 Å². The maximum atomic E-state index is 12.1. The van der Waals surface area contributed by atoms with Gasteiger partial charge in [0.1, 0.15) is 9.84 Å². The Morgan fingerprint density at radius 3 is 2.16 bits per heavy atom. The third kappa shape index (κ3) is 3.60. The van der Waals surface area contributed by atoms with E-state index >= 15 is 0 Å². The molecule has 0 aromatic heterocycles. The van der Waals surface area contributed by atoms with Crippen LogP contribution in [-0.2, 0) is 19.9 Å². The van der Waals surface area contributed by atoms with E-state index in [-0.39, 0.29) is 24.3 Å². The van der Waals surface area contributed by atoms with Crippen molar-refractivity contribution in [1.82, 2.24) is 0 Å². The molecule has 6 nitrogen and oxygen atoms in total. The molecule has 0 atom stereocenters. The Balaban J connectivity index is 2.09. The van der Waals surface area contributed by atoms with Gasteiger partial charge in [-0.05, 0) is 37.1 Å². The van der Waals surface area contributed by atoms with E-state index in [2.05, 4.69) is 4.72 Å². The highest BCUT2D eigenvalue weighted by atomic mass is 32.2. The number of benzene rings is 1. The molecular weight excluding hydrogens is 288 g/mol. The molecule has 1 aliphatic heterocycles. The summed E-state index contributed by atoms with van der Waals surface area (Å²) in [5, 5.41) is -0.659. The summed E-state index contributed by atoms with van der Waals surface area (Å²) in [7, 11) is -6.62. The van der Waals surface area contributed by atoms with Crippen LogP contribution in [0.3, 0.4) is 0 Å². The quantitative estimate of drug-likeness (QED) is 0.795. The largest absolute Gasteiger partial charge is 0.399 e. The number of rotatable bonds is 3. The number of anilines is 2. The molecule has 8 heteroatoms. The third-order valence-corrected chi connectivity index (χ3v) is 6.70. The van der Waals surface area contributed by atoms with Crippen molar-refractivity contribution in [1.29, 1.82) is 0 Å². The summed E-state index contributed by atoms with van der Waals surface area (Å²) in [6, 6.07) is 6.35. The number of hydrogen-bond donors (Lipinski definition) is 2. The predicted octanol–water partition coefficient (Wildman–Crippen LogP) is 0.588. The van der Waals surface area contributed by atoms with Gasteiger partial charge in [-0.2, -0.15) is 0 Å². The van der Waals surface area contributed by atoms with Crippen molar-refractivity contribution in [3.05, 3.63) is 24.3 Å². The molecule has 1 aliphatic rings. The average Bonchev–Trinajstić information content (AvgIpc) is 2.31. The first-order valence-electron chi connectivity index (χ1n) is 5.86. The molecular formula is C11H16N2O4S2. The van der Waals surface area contributed by atoms with Gasteiger partial charge in [0.25, 0.3) is 0 Å². The van der Waals surface area contributed by atoms with Crippen LogP contribution >= 0.6 is 0 Å². The van der Waals surface area contributed by atoms with Crippen molar-refractivity contribution in [2.24, 2.45) is 0 Å². The highest BCUT2D eigenvalue weighted by molar-refractivity contribution is 7.94. The van der Waals surface area contributed by atoms with Crippen molar-refractivity contribution in [2.45, 2.75) is 18.1 Å². The van der Waals surface area contributed by atoms with Crippen LogP contribution in [0.1, 0.15) is 12.8 Å². The van der Waals surface area contributed by atoms with E-state index in [4.69, 9.17) is 5.73 Å². The zero-order valence-electron chi connectivity index (χ0n) is 10.2. The lowest BCUT2D eigenvalue weighted by atomic mass is 10.2. The first-order valence-corrected chi connectivity index (χ1v) is 9.23. The number of nitrogens with two attached hydrogens (primary N) is 1. The van der Waals surface area contributed by atoms with Gasteiger partial charge in [0.2, 0.25) is 10.0 Å². The minimum absolute atomic E-state index is 0.0691. The van der Waals surface area contributed by atoms with Crippen LogP contribution in [0.25, 0.3) is 0 Å². The first-order chi connectivity index (χ1) is 8.78. The Bertz CT molecular complexity index is 636. The van der Waals surface area contributed by atoms with Crippen LogP contribution in [0.4, 0.5) is 11.4 Å². The fourth-order valence-electron chi connectivity index (χ4n) is 1.98. The summed E-state index contributed by atoms with van der Waals surface area (Å²) < 4.78 is 49.3. The van der Waals surface area contributed by atoms with Crippen LogP contribution in [0, 0.1) is 0 Å². The number of nitrogens with one attached hydrogen (secondary N) is 1. The van der Waals surface area contributed by atoms with Gasteiger partial charge in [-0.15, -0.1) is 0 Å². The topological polar surface area (TPSA) is 106 Å². The van der Waals surface area contributed by atoms with Crippen molar-refractivity contribution in [2.75, 3.05) is 22.0 Å². The molecule has 2 rings (SSSR count). The van der Waals surface area contributed by atoms with E-state index in [1.165, 1.54) is 0 Å². The lowest BCUT2D eigenvalue weighted by Crippen LogP contribution is -2.35. The molecule has 0 saturated carbocycles. The third-order valence-electron chi connectivity index (χ3n) is 3.11. The Hall–Kier alpha value is -1.28. The summed E-state index contributed by atoms with van der Waals surface area (Å²) in [5.41, 5.74) is 6.50. The molecule has 1 aromatic rings. The molecule has 0 amide bonds. The SMILES string of the molecule is Nc1ccc(NS(=O)(=O)C2CCS(=O)(=O)CC2)cc1. The van der Waals surface area contributed by atoms with Crippen LogP contribution in [0.15, 0.2) is 24.3 Å². The van der Waals surface area contributed by atoms with E-state index in [1.54, 1.807) is 24.3 Å². The molecule has 0 spiro atoms. The van der Waals surface area contributed by atoms with E-state index in [9.17, 15) is 16.8 Å². The van der Waals surface area contributed by atoms with Crippen LogP contribution in [-0.4, -0.2) is 33.6 Å². The van der Waals surface area contributed by atoms with Gasteiger partial charge in [0.15, 0.2) is 0 Å². The van der Waals surface area contributed by atoms with Crippen LogP contribution in [0.5, 0.6) is 0 Å². The Morgan fingerprint density at radius 1 is 1.11 bits per heavy atom. The van der Waals surface area contributed by atoms with Gasteiger partial charge >= 0.3 is 0 Å². The smallest absolute Gasteiger partial charge is 0.235 e. The van der Waals surface area contributed by atoms with Gasteiger partial charge in [-0.25, -0.2) is 16.8 Å². The molecule has 19 heavy (non-hydrogen) atoms. The summed E-state index contributed by atoms with van der Waals surface area (Å²) in [4.78, 5) is 0. The number of sulfonamides is 1. The Labute approximate surface area is 113 Å². The highest BCUT2D eigenvalue weighted by Gasteiger charge is 2.32. The summed E-state index contributed by atoms with van der Waals surface area (Å²) >= 11 is 0. The maximum Gasteiger partial charge on any atom is 0.235 e. The minimum Gasteiger partial charge on any atom is -0.399 e. The zero-order chi connectivity index (χ0) is 14.1. The van der Waals surface area contributed by atoms with Gasteiger partial charge in [-0.1, -0.05) is 0 Å². The number of nitrogen functional groups attached to an aromatic ring is 1. The summed E-state index contributed by atoms with van der Waals surface area (Å²) in [6.45, 7) is 0. The van der Waals surface area contributed by atoms with Gasteiger partial charge in [0, 0.05) is 11.4 Å². The van der Waals surface area contributed by atoms with E-state index in [0.717, 1.165) is 0 Å². The molecule has 0 bridgehead atoms. The molecule has 106 valence electrons. The number of hydrogen-bond acceptors (Lipinski definition) is 5. The number of sulfone groups is 1. The molecule has 0 unspecified atom stereocenters. The van der Waals surface area contributed by atoms with Crippen molar-refractivity contribution in [3.8, 4) is 0 Å². The predicted molar refractivity (Wildman–Crippen MR) is 75.1 cm³/mol. The lowest BCUT2D eigenvalue weighted by molar-refractivity contribution is 0.555. The van der Waals surface area contributed by atoms with Crippen molar-refractivity contribution >= 4 is 31.2 Å². The van der Waals surface area contributed by atoms with Gasteiger partial charge in [0.05, 0.1) is 16.8 Å². The summed E-state index contributed by atoms with van der Waals surface area (Å²) in [5.74, 6) is -0.138. The standard InChI is InChI=1S/C11H16N2O4S2/c12-9-1-3-10(4-2-9)13-19(16,17)11-5-7-18(14,15)8-6-11/h1-4,11,13H,5-8,12H2. The minimum atomic E-state index is -3.55. The molecule has 1 heterocycles. The maximum absolute atomic E-state index is 12.1. The average molecular weight is 304 g/mol. The molecule has 0 aliphatic carbocycles. The lowest BCUT2D eigenvalue weighted by Gasteiger charge is -2.22. The van der Waals surface area contributed by atoms with E-state index < -0.39 is 25.1 Å². The second-order valence-corrected chi connectivity index (χ2v) is 8.88. The zero-order valence-corrected chi connectivity index (χ0v) is 11.9. The molecule has 1 aromatic carbocycles. The van der Waals surface area contributed by atoms with Crippen molar-refractivity contribution < 1.29 is 16.8 Å².